The molecule has 1 fully saturated rings. The van der Waals surface area contributed by atoms with Gasteiger partial charge in [-0.1, -0.05) is 18.2 Å². The minimum absolute atomic E-state index is 0.0516. The summed E-state index contributed by atoms with van der Waals surface area (Å²) in [6.45, 7) is 0.804. The number of hydrogen-bond acceptors (Lipinski definition) is 3. The lowest BCUT2D eigenvalue weighted by Gasteiger charge is -2.34. The lowest BCUT2D eigenvalue weighted by atomic mass is 10.0. The number of piperidine rings is 1. The van der Waals surface area contributed by atoms with E-state index in [2.05, 4.69) is 4.98 Å². The molecule has 0 spiro atoms. The quantitative estimate of drug-likeness (QED) is 0.778. The van der Waals surface area contributed by atoms with Gasteiger partial charge in [0.25, 0.3) is 5.91 Å². The Morgan fingerprint density at radius 3 is 2.95 bits per heavy atom. The van der Waals surface area contributed by atoms with Gasteiger partial charge in [-0.15, -0.1) is 11.3 Å². The van der Waals surface area contributed by atoms with E-state index in [-0.39, 0.29) is 11.9 Å². The fourth-order valence-electron chi connectivity index (χ4n) is 3.13. The maximum absolute atomic E-state index is 12.8. The van der Waals surface area contributed by atoms with E-state index in [9.17, 15) is 4.79 Å². The van der Waals surface area contributed by atoms with E-state index in [0.717, 1.165) is 47.5 Å². The number of likely N-dealkylation sites (tertiary alicyclic amines) is 1. The highest BCUT2D eigenvalue weighted by Crippen LogP contribution is 2.32. The summed E-state index contributed by atoms with van der Waals surface area (Å²) in [5.41, 5.74) is 2.00. The van der Waals surface area contributed by atoms with E-state index in [1.807, 2.05) is 46.7 Å². The third-order valence-electron chi connectivity index (χ3n) is 4.22. The first-order valence-corrected chi connectivity index (χ1v) is 8.50. The number of nitrogens with zero attached hydrogens (tertiary/aromatic N) is 2. The Morgan fingerprint density at radius 1 is 1.23 bits per heavy atom. The van der Waals surface area contributed by atoms with Crippen molar-refractivity contribution in [2.75, 3.05) is 6.54 Å². The predicted molar refractivity (Wildman–Crippen MR) is 88.0 cm³/mol. The van der Waals surface area contributed by atoms with Crippen molar-refractivity contribution in [3.63, 3.8) is 0 Å². The molecule has 1 amide bonds. The number of carbonyl (C=O) groups excluding carboxylic acids is 1. The summed E-state index contributed by atoms with van der Waals surface area (Å²) in [7, 11) is 0. The van der Waals surface area contributed by atoms with Crippen LogP contribution in [-0.2, 0) is 0 Å². The van der Waals surface area contributed by atoms with Crippen LogP contribution in [0.4, 0.5) is 0 Å². The zero-order valence-corrected chi connectivity index (χ0v) is 13.0. The largest absolute Gasteiger partial charge is 0.340 e. The number of amides is 1. The van der Waals surface area contributed by atoms with Gasteiger partial charge in [0.05, 0.1) is 22.0 Å². The minimum Gasteiger partial charge on any atom is -0.340 e. The molecule has 1 aromatic carbocycles. The molecule has 4 nitrogen and oxygen atoms in total. The molecule has 4 rings (SSSR count). The number of para-hydroxylation sites is 2. The molecule has 3 heterocycles. The summed E-state index contributed by atoms with van der Waals surface area (Å²) in [5.74, 6) is 1.03. The van der Waals surface area contributed by atoms with Crippen LogP contribution >= 0.6 is 11.3 Å². The average Bonchev–Trinajstić information content (AvgIpc) is 3.23. The molecule has 0 unspecified atom stereocenters. The van der Waals surface area contributed by atoms with Gasteiger partial charge in [-0.05, 0) is 42.8 Å². The molecule has 1 aliphatic rings. The molecule has 0 radical (unpaired) electrons. The van der Waals surface area contributed by atoms with E-state index in [0.29, 0.717) is 0 Å². The highest BCUT2D eigenvalue weighted by Gasteiger charge is 2.31. The van der Waals surface area contributed by atoms with Crippen molar-refractivity contribution >= 4 is 28.3 Å². The Kier molecular flexibility index (Phi) is 3.42. The highest BCUT2D eigenvalue weighted by molar-refractivity contribution is 7.12. The van der Waals surface area contributed by atoms with Gasteiger partial charge >= 0.3 is 0 Å². The summed E-state index contributed by atoms with van der Waals surface area (Å²) < 4.78 is 0. The number of rotatable bonds is 2. The van der Waals surface area contributed by atoms with Gasteiger partial charge in [-0.25, -0.2) is 4.98 Å². The second-order valence-electron chi connectivity index (χ2n) is 5.63. The molecule has 2 aromatic heterocycles. The maximum Gasteiger partial charge on any atom is 0.264 e. The Bertz CT molecular complexity index is 760. The Labute approximate surface area is 132 Å². The lowest BCUT2D eigenvalue weighted by Crippen LogP contribution is -2.38. The number of H-pyrrole nitrogens is 1. The number of nitrogens with one attached hydrogen (secondary N) is 1. The number of thiophene rings is 1. The van der Waals surface area contributed by atoms with Crippen LogP contribution in [0.3, 0.4) is 0 Å². The number of aromatic amines is 1. The summed E-state index contributed by atoms with van der Waals surface area (Å²) in [6, 6.07) is 11.9. The van der Waals surface area contributed by atoms with E-state index in [1.165, 1.54) is 11.3 Å². The van der Waals surface area contributed by atoms with Gasteiger partial charge in [0.2, 0.25) is 0 Å². The molecule has 0 saturated carbocycles. The van der Waals surface area contributed by atoms with Crippen LogP contribution in [0.25, 0.3) is 11.0 Å². The number of hydrogen-bond donors (Lipinski definition) is 1. The summed E-state index contributed by atoms with van der Waals surface area (Å²) in [5, 5.41) is 1.95. The zero-order chi connectivity index (χ0) is 14.9. The zero-order valence-electron chi connectivity index (χ0n) is 12.2. The van der Waals surface area contributed by atoms with Crippen LogP contribution in [0.15, 0.2) is 41.8 Å². The molecule has 0 bridgehead atoms. The Balaban J connectivity index is 1.69. The van der Waals surface area contributed by atoms with Gasteiger partial charge in [-0.2, -0.15) is 0 Å². The molecule has 1 aliphatic heterocycles. The summed E-state index contributed by atoms with van der Waals surface area (Å²) in [6.07, 6.45) is 3.17. The fourth-order valence-corrected chi connectivity index (χ4v) is 3.81. The van der Waals surface area contributed by atoms with Crippen molar-refractivity contribution < 1.29 is 4.79 Å². The van der Waals surface area contributed by atoms with Crippen LogP contribution in [0, 0.1) is 0 Å². The SMILES string of the molecule is O=C(c1cccs1)N1CCCC[C@@H]1c1nc2ccccc2[nH]1. The molecule has 0 aliphatic carbocycles. The number of aromatic nitrogens is 2. The smallest absolute Gasteiger partial charge is 0.264 e. The molecular formula is C17H17N3OS. The molecule has 22 heavy (non-hydrogen) atoms. The van der Waals surface area contributed by atoms with Crippen LogP contribution in [0.1, 0.15) is 40.8 Å². The van der Waals surface area contributed by atoms with Crippen LogP contribution in [0.2, 0.25) is 0 Å². The summed E-state index contributed by atoms with van der Waals surface area (Å²) in [4.78, 5) is 23.6. The predicted octanol–water partition coefficient (Wildman–Crippen LogP) is 3.99. The molecule has 1 N–H and O–H groups in total. The van der Waals surface area contributed by atoms with Crippen LogP contribution in [0.5, 0.6) is 0 Å². The molecule has 1 saturated heterocycles. The number of fused-ring (bicyclic) bond motifs is 1. The van der Waals surface area contributed by atoms with E-state index in [4.69, 9.17) is 4.98 Å². The van der Waals surface area contributed by atoms with Gasteiger partial charge < -0.3 is 9.88 Å². The van der Waals surface area contributed by atoms with Gasteiger partial charge in [0, 0.05) is 6.54 Å². The molecular weight excluding hydrogens is 294 g/mol. The number of benzene rings is 1. The standard InChI is InChI=1S/C17H17N3OS/c21-17(15-9-5-11-22-15)20-10-4-3-8-14(20)16-18-12-6-1-2-7-13(12)19-16/h1-2,5-7,9,11,14H,3-4,8,10H2,(H,18,19)/t14-/m1/s1. The normalized spacial score (nSPS) is 18.7. The summed E-state index contributed by atoms with van der Waals surface area (Å²) >= 11 is 1.51. The second kappa shape index (κ2) is 5.57. The monoisotopic (exact) mass is 311 g/mol. The molecule has 5 heteroatoms. The highest BCUT2D eigenvalue weighted by atomic mass is 32.1. The van der Waals surface area contributed by atoms with Gasteiger partial charge in [0.1, 0.15) is 5.82 Å². The van der Waals surface area contributed by atoms with Crippen molar-refractivity contribution in [2.24, 2.45) is 0 Å². The first kappa shape index (κ1) is 13.5. The minimum atomic E-state index is 0.0516. The van der Waals surface area contributed by atoms with Crippen LogP contribution < -0.4 is 0 Å². The Morgan fingerprint density at radius 2 is 2.14 bits per heavy atom. The third kappa shape index (κ3) is 2.31. The van der Waals surface area contributed by atoms with Crippen molar-refractivity contribution in [2.45, 2.75) is 25.3 Å². The first-order valence-electron chi connectivity index (χ1n) is 7.62. The molecule has 1 atom stereocenters. The Hall–Kier alpha value is -2.14. The van der Waals surface area contributed by atoms with Gasteiger partial charge in [-0.3, -0.25) is 4.79 Å². The topological polar surface area (TPSA) is 49.0 Å². The van der Waals surface area contributed by atoms with Gasteiger partial charge in [0.15, 0.2) is 0 Å². The number of imidazole rings is 1. The van der Waals surface area contributed by atoms with E-state index < -0.39 is 0 Å². The number of carbonyl (C=O) groups is 1. The third-order valence-corrected chi connectivity index (χ3v) is 5.08. The van der Waals surface area contributed by atoms with Crippen molar-refractivity contribution in [1.82, 2.24) is 14.9 Å². The van der Waals surface area contributed by atoms with Crippen molar-refractivity contribution in [3.8, 4) is 0 Å². The maximum atomic E-state index is 12.8. The van der Waals surface area contributed by atoms with E-state index >= 15 is 0 Å². The average molecular weight is 311 g/mol. The second-order valence-corrected chi connectivity index (χ2v) is 6.57. The van der Waals surface area contributed by atoms with Crippen LogP contribution in [-0.4, -0.2) is 27.3 Å². The van der Waals surface area contributed by atoms with Crippen molar-refractivity contribution in [1.29, 1.82) is 0 Å². The fraction of sp³-hybridized carbons (Fsp3) is 0.294. The lowest BCUT2D eigenvalue weighted by molar-refractivity contribution is 0.0606. The first-order chi connectivity index (χ1) is 10.8. The van der Waals surface area contributed by atoms with Crippen molar-refractivity contribution in [3.05, 3.63) is 52.5 Å². The molecule has 112 valence electrons. The molecule has 3 aromatic rings. The van der Waals surface area contributed by atoms with E-state index in [1.54, 1.807) is 0 Å².